The van der Waals surface area contributed by atoms with Crippen molar-refractivity contribution in [3.8, 4) is 0 Å². The van der Waals surface area contributed by atoms with Gasteiger partial charge in [-0.05, 0) is 41.0 Å². The molecule has 0 aromatic carbocycles. The Bertz CT molecular complexity index is 429. The molecule has 0 spiro atoms. The van der Waals surface area contributed by atoms with Gasteiger partial charge in [0, 0.05) is 0 Å². The zero-order valence-electron chi connectivity index (χ0n) is 14.1. The highest BCUT2D eigenvalue weighted by Crippen LogP contribution is 2.38. The largest absolute Gasteiger partial charge is 0.389 e. The van der Waals surface area contributed by atoms with Crippen molar-refractivity contribution in [3.63, 3.8) is 0 Å². The second-order valence-electron chi connectivity index (χ2n) is 6.85. The smallest absolute Gasteiger partial charge is 0.164 e. The maximum absolute atomic E-state index is 9.82. The summed E-state index contributed by atoms with van der Waals surface area (Å²) in [4.78, 5) is 0. The minimum absolute atomic E-state index is 0.0912. The van der Waals surface area contributed by atoms with Crippen molar-refractivity contribution in [2.45, 2.75) is 83.1 Å². The fourth-order valence-electron chi connectivity index (χ4n) is 3.01. The van der Waals surface area contributed by atoms with Gasteiger partial charge in [-0.1, -0.05) is 18.2 Å². The minimum atomic E-state index is -0.696. The molecule has 22 heavy (non-hydrogen) atoms. The summed E-state index contributed by atoms with van der Waals surface area (Å²) in [5.74, 6) is -1.32. The second-order valence-corrected chi connectivity index (χ2v) is 6.85. The van der Waals surface area contributed by atoms with E-state index < -0.39 is 17.7 Å². The second kappa shape index (κ2) is 6.42. The van der Waals surface area contributed by atoms with Gasteiger partial charge in [-0.25, -0.2) is 0 Å². The third-order valence-corrected chi connectivity index (χ3v) is 3.77. The van der Waals surface area contributed by atoms with E-state index >= 15 is 0 Å². The van der Waals surface area contributed by atoms with Crippen molar-refractivity contribution in [1.29, 1.82) is 0 Å². The molecule has 2 heterocycles. The number of hydrogen-bond donors (Lipinski definition) is 1. The number of ether oxygens (including phenoxy) is 4. The average molecular weight is 312 g/mol. The van der Waals surface area contributed by atoms with Gasteiger partial charge in [0.25, 0.3) is 0 Å². The van der Waals surface area contributed by atoms with E-state index in [9.17, 15) is 5.11 Å². The summed E-state index contributed by atoms with van der Waals surface area (Å²) in [7, 11) is 0. The highest BCUT2D eigenvalue weighted by Gasteiger charge is 2.51. The van der Waals surface area contributed by atoms with Crippen LogP contribution in [0.2, 0.25) is 0 Å². The molecule has 0 aromatic heterocycles. The van der Waals surface area contributed by atoms with Gasteiger partial charge >= 0.3 is 0 Å². The molecule has 0 bridgehead atoms. The van der Waals surface area contributed by atoms with E-state index in [-0.39, 0.29) is 24.4 Å². The molecule has 2 rings (SSSR count). The van der Waals surface area contributed by atoms with E-state index in [1.165, 1.54) is 0 Å². The molecule has 0 aromatic rings. The Morgan fingerprint density at radius 3 is 2.18 bits per heavy atom. The summed E-state index contributed by atoms with van der Waals surface area (Å²) in [5.41, 5.74) is 0. The third kappa shape index (κ3) is 4.18. The molecule has 2 aliphatic heterocycles. The third-order valence-electron chi connectivity index (χ3n) is 3.77. The van der Waals surface area contributed by atoms with Gasteiger partial charge in [0.15, 0.2) is 11.6 Å². The van der Waals surface area contributed by atoms with Gasteiger partial charge in [0.05, 0.1) is 12.2 Å². The summed E-state index contributed by atoms with van der Waals surface area (Å²) >= 11 is 0. The Morgan fingerprint density at radius 2 is 1.64 bits per heavy atom. The Hall–Kier alpha value is -0.720. The zero-order valence-corrected chi connectivity index (χ0v) is 14.1. The van der Waals surface area contributed by atoms with Gasteiger partial charge in [-0.2, -0.15) is 0 Å². The Kier molecular flexibility index (Phi) is 5.14. The normalized spacial score (nSPS) is 38.5. The summed E-state index contributed by atoms with van der Waals surface area (Å²) in [6, 6.07) is 0. The monoisotopic (exact) mass is 312 g/mol. The molecule has 5 atom stereocenters. The quantitative estimate of drug-likeness (QED) is 0.791. The maximum Gasteiger partial charge on any atom is 0.164 e. The summed E-state index contributed by atoms with van der Waals surface area (Å²) in [6.07, 6.45) is 4.30. The maximum atomic E-state index is 9.82. The van der Waals surface area contributed by atoms with Crippen molar-refractivity contribution in [2.75, 3.05) is 0 Å². The number of aliphatic hydroxyl groups excluding tert-OH is 1. The summed E-state index contributed by atoms with van der Waals surface area (Å²) < 4.78 is 23.8. The van der Waals surface area contributed by atoms with Gasteiger partial charge in [0.2, 0.25) is 0 Å². The fourth-order valence-corrected chi connectivity index (χ4v) is 3.01. The fraction of sp³-hybridized carbons (Fsp3) is 0.765. The van der Waals surface area contributed by atoms with Crippen molar-refractivity contribution < 1.29 is 24.1 Å². The van der Waals surface area contributed by atoms with Crippen LogP contribution in [0.15, 0.2) is 24.8 Å². The van der Waals surface area contributed by atoms with Crippen LogP contribution in [0.3, 0.4) is 0 Å². The van der Waals surface area contributed by atoms with E-state index in [1.807, 2.05) is 40.7 Å². The average Bonchev–Trinajstić information content (AvgIpc) is 2.82. The van der Waals surface area contributed by atoms with Crippen LogP contribution >= 0.6 is 0 Å². The van der Waals surface area contributed by atoms with E-state index in [0.29, 0.717) is 6.42 Å². The predicted molar refractivity (Wildman–Crippen MR) is 83.3 cm³/mol. The first-order valence-corrected chi connectivity index (χ1v) is 7.82. The minimum Gasteiger partial charge on any atom is -0.389 e. The van der Waals surface area contributed by atoms with E-state index in [4.69, 9.17) is 18.9 Å². The van der Waals surface area contributed by atoms with Crippen molar-refractivity contribution in [2.24, 2.45) is 0 Å². The Labute approximate surface area is 132 Å². The Morgan fingerprint density at radius 1 is 1.05 bits per heavy atom. The first-order chi connectivity index (χ1) is 10.1. The van der Waals surface area contributed by atoms with Crippen LogP contribution in [0.5, 0.6) is 0 Å². The molecule has 0 saturated carbocycles. The van der Waals surface area contributed by atoms with Crippen LogP contribution in [0.4, 0.5) is 0 Å². The molecule has 0 radical (unpaired) electrons. The van der Waals surface area contributed by atoms with E-state index in [0.717, 1.165) is 0 Å². The highest BCUT2D eigenvalue weighted by atomic mass is 16.8. The number of aliphatic hydroxyl groups is 1. The molecule has 0 unspecified atom stereocenters. The molecular formula is C17H28O5. The van der Waals surface area contributed by atoms with Gasteiger partial charge in [-0.3, -0.25) is 0 Å². The lowest BCUT2D eigenvalue weighted by atomic mass is 10.0. The van der Waals surface area contributed by atoms with Crippen molar-refractivity contribution >= 4 is 0 Å². The number of rotatable bonds is 5. The molecule has 2 saturated heterocycles. The van der Waals surface area contributed by atoms with Crippen LogP contribution in [0, 0.1) is 0 Å². The highest BCUT2D eigenvalue weighted by molar-refractivity contribution is 5.05. The summed E-state index contributed by atoms with van der Waals surface area (Å²) in [6.45, 7) is 13.1. The van der Waals surface area contributed by atoms with Crippen LogP contribution in [-0.4, -0.2) is 47.2 Å². The first kappa shape index (κ1) is 17.6. The van der Waals surface area contributed by atoms with Crippen molar-refractivity contribution in [3.05, 3.63) is 24.8 Å². The molecule has 5 nitrogen and oxygen atoms in total. The molecule has 5 heteroatoms. The lowest BCUT2D eigenvalue weighted by molar-refractivity contribution is -0.174. The lowest BCUT2D eigenvalue weighted by Gasteiger charge is -2.24. The van der Waals surface area contributed by atoms with E-state index in [1.54, 1.807) is 12.2 Å². The van der Waals surface area contributed by atoms with Crippen LogP contribution in [-0.2, 0) is 18.9 Å². The molecule has 0 aliphatic carbocycles. The number of hydrogen-bond acceptors (Lipinski definition) is 5. The van der Waals surface area contributed by atoms with Crippen LogP contribution < -0.4 is 0 Å². The van der Waals surface area contributed by atoms with E-state index in [2.05, 4.69) is 6.58 Å². The molecule has 0 amide bonds. The molecule has 2 aliphatic rings. The lowest BCUT2D eigenvalue weighted by Crippen LogP contribution is -2.40. The van der Waals surface area contributed by atoms with Crippen LogP contribution in [0.1, 0.15) is 41.0 Å². The first-order valence-electron chi connectivity index (χ1n) is 7.82. The topological polar surface area (TPSA) is 57.2 Å². The zero-order chi connectivity index (χ0) is 16.5. The molecule has 2 fully saturated rings. The molecular weight excluding hydrogens is 284 g/mol. The predicted octanol–water partition coefficient (Wildman–Crippen LogP) is 2.54. The SMILES string of the molecule is C=CC[C@@H](O)/C=C/[C@H]1OC(C)(C)O[C@@H]1[C@H]1OC(C)(C)O[C@H]1C. The van der Waals surface area contributed by atoms with Gasteiger partial charge < -0.3 is 24.1 Å². The Balaban J connectivity index is 2.12. The standard InChI is InChI=1S/C17H28O5/c1-7-8-12(18)9-10-13-15(22-17(5,6)20-13)14-11(2)19-16(3,4)21-14/h7,9-15,18H,1,8H2,2-6H3/b10-9+/t11-,12+,13+,14-,15-/m0/s1. The van der Waals surface area contributed by atoms with Gasteiger partial charge in [0.1, 0.15) is 18.3 Å². The van der Waals surface area contributed by atoms with Crippen LogP contribution in [0.25, 0.3) is 0 Å². The summed E-state index contributed by atoms with van der Waals surface area (Å²) in [5, 5.41) is 9.82. The molecule has 1 N–H and O–H groups in total. The van der Waals surface area contributed by atoms with Gasteiger partial charge in [-0.15, -0.1) is 6.58 Å². The van der Waals surface area contributed by atoms with Crippen molar-refractivity contribution in [1.82, 2.24) is 0 Å². The molecule has 126 valence electrons.